The molecule has 14 heavy (non-hydrogen) atoms. The van der Waals surface area contributed by atoms with Crippen molar-refractivity contribution in [1.82, 2.24) is 0 Å². The van der Waals surface area contributed by atoms with E-state index < -0.39 is 5.60 Å². The molecule has 2 rings (SSSR count). The van der Waals surface area contributed by atoms with Gasteiger partial charge in [0, 0.05) is 10.6 Å². The Morgan fingerprint density at radius 1 is 1.50 bits per heavy atom. The number of ether oxygens (including phenoxy) is 1. The first kappa shape index (κ1) is 9.53. The number of cyclic esters (lactones) is 1. The van der Waals surface area contributed by atoms with Gasteiger partial charge in [0.05, 0.1) is 5.56 Å². The normalized spacial score (nSPS) is 24.6. The van der Waals surface area contributed by atoms with Gasteiger partial charge in [-0.25, -0.2) is 4.79 Å². The van der Waals surface area contributed by atoms with Crippen molar-refractivity contribution in [2.75, 3.05) is 0 Å². The molecule has 0 unspecified atom stereocenters. The molecule has 0 saturated heterocycles. The molecule has 3 heteroatoms. The lowest BCUT2D eigenvalue weighted by molar-refractivity contribution is -0.000769. The van der Waals surface area contributed by atoms with E-state index in [1.807, 2.05) is 19.9 Å². The summed E-state index contributed by atoms with van der Waals surface area (Å²) in [5.74, 6) is -0.249. The molecule has 74 valence electrons. The number of hydrogen-bond donors (Lipinski definition) is 0. The van der Waals surface area contributed by atoms with Crippen LogP contribution in [0, 0.1) is 0 Å². The molecule has 1 heterocycles. The van der Waals surface area contributed by atoms with Gasteiger partial charge in [-0.05, 0) is 31.5 Å². The third-order valence-corrected chi connectivity index (χ3v) is 3.00. The lowest BCUT2D eigenvalue weighted by Crippen LogP contribution is -2.20. The third-order valence-electron chi connectivity index (χ3n) is 2.76. The van der Waals surface area contributed by atoms with Crippen molar-refractivity contribution >= 4 is 17.6 Å². The third kappa shape index (κ3) is 1.22. The van der Waals surface area contributed by atoms with Crippen LogP contribution >= 0.6 is 11.6 Å². The number of rotatable bonds is 1. The summed E-state index contributed by atoms with van der Waals surface area (Å²) in [4.78, 5) is 11.5. The van der Waals surface area contributed by atoms with Gasteiger partial charge in [0.1, 0.15) is 5.60 Å². The second kappa shape index (κ2) is 2.99. The number of carbonyl (C=O) groups excluding carboxylic acids is 1. The Bertz CT molecular complexity index is 400. The highest BCUT2D eigenvalue weighted by molar-refractivity contribution is 6.30. The van der Waals surface area contributed by atoms with E-state index in [2.05, 4.69) is 0 Å². The number of halogens is 1. The molecule has 0 aromatic heterocycles. The first-order valence-corrected chi connectivity index (χ1v) is 4.98. The van der Waals surface area contributed by atoms with E-state index in [0.29, 0.717) is 10.6 Å². The minimum atomic E-state index is -0.503. The van der Waals surface area contributed by atoms with Gasteiger partial charge in [-0.2, -0.15) is 0 Å². The molecule has 0 radical (unpaired) electrons. The summed E-state index contributed by atoms with van der Waals surface area (Å²) in [6.07, 6.45) is 0.756. The zero-order chi connectivity index (χ0) is 10.3. The van der Waals surface area contributed by atoms with Gasteiger partial charge in [0.2, 0.25) is 0 Å². The van der Waals surface area contributed by atoms with Crippen LogP contribution in [0.3, 0.4) is 0 Å². The highest BCUT2D eigenvalue weighted by Crippen LogP contribution is 2.39. The van der Waals surface area contributed by atoms with Gasteiger partial charge in [0.25, 0.3) is 0 Å². The summed E-state index contributed by atoms with van der Waals surface area (Å²) in [6, 6.07) is 5.25. The van der Waals surface area contributed by atoms with Crippen molar-refractivity contribution in [3.63, 3.8) is 0 Å². The molecule has 0 fully saturated rings. The number of hydrogen-bond acceptors (Lipinski definition) is 2. The summed E-state index contributed by atoms with van der Waals surface area (Å²) >= 11 is 5.89. The van der Waals surface area contributed by atoms with Crippen molar-refractivity contribution in [3.05, 3.63) is 34.3 Å². The number of carbonyl (C=O) groups is 1. The SMILES string of the molecule is CC[C@@]1(C)OC(=O)c2ccc(Cl)cc21. The minimum Gasteiger partial charge on any atom is -0.451 e. The average Bonchev–Trinajstić information content (AvgIpc) is 2.40. The van der Waals surface area contributed by atoms with E-state index >= 15 is 0 Å². The maximum atomic E-state index is 11.5. The average molecular weight is 211 g/mol. The standard InChI is InChI=1S/C11H11ClO2/c1-3-11(2)9-6-7(12)4-5-8(9)10(13)14-11/h4-6H,3H2,1-2H3/t11-/m1/s1. The first-order valence-electron chi connectivity index (χ1n) is 4.60. The fourth-order valence-corrected chi connectivity index (χ4v) is 1.88. The second-order valence-corrected chi connectivity index (χ2v) is 4.10. The van der Waals surface area contributed by atoms with E-state index in [0.717, 1.165) is 12.0 Å². The molecular formula is C11H11ClO2. The summed E-state index contributed by atoms with van der Waals surface area (Å²) in [5, 5.41) is 0.640. The zero-order valence-corrected chi connectivity index (χ0v) is 8.89. The smallest absolute Gasteiger partial charge is 0.339 e. The van der Waals surface area contributed by atoms with Gasteiger partial charge >= 0.3 is 5.97 Å². The second-order valence-electron chi connectivity index (χ2n) is 3.66. The van der Waals surface area contributed by atoms with E-state index in [1.54, 1.807) is 12.1 Å². The summed E-state index contributed by atoms with van der Waals surface area (Å²) in [5.41, 5.74) is 1.04. The van der Waals surface area contributed by atoms with Crippen molar-refractivity contribution < 1.29 is 9.53 Å². The van der Waals surface area contributed by atoms with Gasteiger partial charge in [0.15, 0.2) is 0 Å². The van der Waals surface area contributed by atoms with Crippen molar-refractivity contribution in [2.24, 2.45) is 0 Å². The Kier molecular flexibility index (Phi) is 2.04. The molecule has 1 aromatic carbocycles. The molecular weight excluding hydrogens is 200 g/mol. The largest absolute Gasteiger partial charge is 0.451 e. The fourth-order valence-electron chi connectivity index (χ4n) is 1.71. The molecule has 0 bridgehead atoms. The van der Waals surface area contributed by atoms with Crippen molar-refractivity contribution in [2.45, 2.75) is 25.9 Å². The van der Waals surface area contributed by atoms with Crippen LogP contribution in [0.4, 0.5) is 0 Å². The van der Waals surface area contributed by atoms with E-state index in [4.69, 9.17) is 16.3 Å². The number of benzene rings is 1. The van der Waals surface area contributed by atoms with E-state index in [-0.39, 0.29) is 5.97 Å². The summed E-state index contributed by atoms with van der Waals surface area (Å²) in [6.45, 7) is 3.90. The monoisotopic (exact) mass is 210 g/mol. The van der Waals surface area contributed by atoms with Crippen LogP contribution in [0.25, 0.3) is 0 Å². The Hall–Kier alpha value is -1.02. The number of fused-ring (bicyclic) bond motifs is 1. The van der Waals surface area contributed by atoms with E-state index in [9.17, 15) is 4.79 Å². The van der Waals surface area contributed by atoms with Crippen LogP contribution < -0.4 is 0 Å². The summed E-state index contributed by atoms with van der Waals surface area (Å²) in [7, 11) is 0. The topological polar surface area (TPSA) is 26.3 Å². The maximum Gasteiger partial charge on any atom is 0.339 e. The van der Waals surface area contributed by atoms with Crippen molar-refractivity contribution in [1.29, 1.82) is 0 Å². The van der Waals surface area contributed by atoms with E-state index in [1.165, 1.54) is 0 Å². The number of esters is 1. The molecule has 0 saturated carbocycles. The fraction of sp³-hybridized carbons (Fsp3) is 0.364. The van der Waals surface area contributed by atoms with Gasteiger partial charge in [-0.1, -0.05) is 18.5 Å². The lowest BCUT2D eigenvalue weighted by Gasteiger charge is -2.21. The minimum absolute atomic E-state index is 0.249. The summed E-state index contributed by atoms with van der Waals surface area (Å²) < 4.78 is 5.33. The Morgan fingerprint density at radius 2 is 2.21 bits per heavy atom. The van der Waals surface area contributed by atoms with Crippen LogP contribution in [0.1, 0.15) is 36.2 Å². The zero-order valence-electron chi connectivity index (χ0n) is 8.13. The molecule has 0 aliphatic carbocycles. The highest BCUT2D eigenvalue weighted by atomic mass is 35.5. The van der Waals surface area contributed by atoms with Crippen LogP contribution in [-0.2, 0) is 10.3 Å². The van der Waals surface area contributed by atoms with Crippen LogP contribution in [0.15, 0.2) is 18.2 Å². The van der Waals surface area contributed by atoms with Crippen molar-refractivity contribution in [3.8, 4) is 0 Å². The Balaban J connectivity index is 2.62. The maximum absolute atomic E-state index is 11.5. The van der Waals surface area contributed by atoms with Gasteiger partial charge in [-0.3, -0.25) is 0 Å². The highest BCUT2D eigenvalue weighted by Gasteiger charge is 2.40. The lowest BCUT2D eigenvalue weighted by atomic mass is 9.92. The molecule has 1 aromatic rings. The van der Waals surface area contributed by atoms with Crippen LogP contribution in [0.2, 0.25) is 5.02 Å². The quantitative estimate of drug-likeness (QED) is 0.666. The van der Waals surface area contributed by atoms with Crippen LogP contribution in [-0.4, -0.2) is 5.97 Å². The Labute approximate surface area is 87.8 Å². The first-order chi connectivity index (χ1) is 6.57. The Morgan fingerprint density at radius 3 is 2.86 bits per heavy atom. The van der Waals surface area contributed by atoms with Crippen LogP contribution in [0.5, 0.6) is 0 Å². The molecule has 1 aliphatic rings. The molecule has 2 nitrogen and oxygen atoms in total. The molecule has 0 N–H and O–H groups in total. The molecule has 1 atom stereocenters. The predicted molar refractivity (Wildman–Crippen MR) is 54.5 cm³/mol. The molecule has 0 amide bonds. The van der Waals surface area contributed by atoms with Gasteiger partial charge in [-0.15, -0.1) is 0 Å². The molecule has 0 spiro atoms. The molecule has 1 aliphatic heterocycles. The van der Waals surface area contributed by atoms with Gasteiger partial charge < -0.3 is 4.74 Å². The predicted octanol–water partition coefficient (Wildman–Crippen LogP) is 3.14.